The second kappa shape index (κ2) is 9.38. The Bertz CT molecular complexity index is 1220. The number of carbonyl (C=O) groups excluding carboxylic acids is 4. The van der Waals surface area contributed by atoms with Crippen LogP contribution in [0.4, 0.5) is 21.0 Å². The normalized spacial score (nSPS) is 31.3. The monoisotopic (exact) mass is 551 g/mol. The van der Waals surface area contributed by atoms with Crippen LogP contribution in [0, 0.1) is 28.6 Å². The third-order valence-electron chi connectivity index (χ3n) is 9.88. The predicted molar refractivity (Wildman–Crippen MR) is 150 cm³/mol. The first-order valence-electron chi connectivity index (χ1n) is 14.7. The standard InChI is InChI=1S/C30H41N5O5/c1-28(2,3)40-27(39)35-11-10-34(21-6-4-5-7-22(21)35)26(38)32-17-29(8-9-29)25(37)33-23-19-12-18-13-20(23)16-30(14-18,15-19)24(31)36/h4-7,18-20,23H,8-17H2,1-3H3,(H2,31,36)(H,32,38)(H,33,37). The van der Waals surface area contributed by atoms with Gasteiger partial charge in [0, 0.05) is 31.1 Å². The van der Waals surface area contributed by atoms with E-state index in [4.69, 9.17) is 10.5 Å². The molecule has 216 valence electrons. The lowest BCUT2D eigenvalue weighted by molar-refractivity contribution is -0.148. The highest BCUT2D eigenvalue weighted by atomic mass is 16.6. The Labute approximate surface area is 235 Å². The van der Waals surface area contributed by atoms with Gasteiger partial charge < -0.3 is 21.1 Å². The molecule has 7 rings (SSSR count). The van der Waals surface area contributed by atoms with Gasteiger partial charge in [0.25, 0.3) is 0 Å². The molecule has 5 aliphatic carbocycles. The van der Waals surface area contributed by atoms with Gasteiger partial charge >= 0.3 is 12.1 Å². The van der Waals surface area contributed by atoms with Crippen LogP contribution in [0.5, 0.6) is 0 Å². The zero-order chi connectivity index (χ0) is 28.4. The lowest BCUT2D eigenvalue weighted by Gasteiger charge is -2.59. The maximum absolute atomic E-state index is 13.5. The number of nitrogens with one attached hydrogen (secondary N) is 2. The number of urea groups is 1. The molecule has 1 heterocycles. The topological polar surface area (TPSA) is 134 Å². The number of amides is 5. The molecule has 5 amide bonds. The Kier molecular flexibility index (Phi) is 6.31. The Morgan fingerprint density at radius 1 is 0.975 bits per heavy atom. The Hall–Kier alpha value is -3.30. The van der Waals surface area contributed by atoms with E-state index >= 15 is 0 Å². The van der Waals surface area contributed by atoms with Gasteiger partial charge in [0.1, 0.15) is 5.60 Å². The van der Waals surface area contributed by atoms with Crippen molar-refractivity contribution in [3.05, 3.63) is 24.3 Å². The first-order valence-corrected chi connectivity index (χ1v) is 14.7. The van der Waals surface area contributed by atoms with Crippen molar-refractivity contribution in [1.29, 1.82) is 0 Å². The largest absolute Gasteiger partial charge is 0.443 e. The number of rotatable bonds is 5. The molecule has 2 atom stereocenters. The fourth-order valence-corrected chi connectivity index (χ4v) is 7.92. The molecule has 40 heavy (non-hydrogen) atoms. The predicted octanol–water partition coefficient (Wildman–Crippen LogP) is 3.53. The average molecular weight is 552 g/mol. The highest BCUT2D eigenvalue weighted by Crippen LogP contribution is 2.60. The van der Waals surface area contributed by atoms with Crippen LogP contribution in [0.25, 0.3) is 0 Å². The van der Waals surface area contributed by atoms with Gasteiger partial charge in [-0.3, -0.25) is 19.4 Å². The molecule has 1 aliphatic heterocycles. The number of carbonyl (C=O) groups is 4. The van der Waals surface area contributed by atoms with Gasteiger partial charge in [0.05, 0.1) is 16.8 Å². The molecule has 2 unspecified atom stereocenters. The number of ether oxygens (including phenoxy) is 1. The fraction of sp³-hybridized carbons (Fsp3) is 0.667. The molecule has 1 aromatic carbocycles. The minimum atomic E-state index is -0.625. The van der Waals surface area contributed by atoms with E-state index in [1.165, 1.54) is 0 Å². The molecule has 0 saturated heterocycles. The molecule has 10 heteroatoms. The van der Waals surface area contributed by atoms with Crippen molar-refractivity contribution in [2.45, 2.75) is 77.4 Å². The van der Waals surface area contributed by atoms with Crippen LogP contribution in [-0.4, -0.2) is 55.2 Å². The third kappa shape index (κ3) is 4.69. The summed E-state index contributed by atoms with van der Waals surface area (Å²) in [5, 5.41) is 6.37. The Balaban J connectivity index is 1.08. The first kappa shape index (κ1) is 26.9. The van der Waals surface area contributed by atoms with Crippen molar-refractivity contribution in [3.63, 3.8) is 0 Å². The van der Waals surface area contributed by atoms with E-state index in [9.17, 15) is 19.2 Å². The van der Waals surface area contributed by atoms with Crippen LogP contribution in [0.3, 0.4) is 0 Å². The van der Waals surface area contributed by atoms with Crippen molar-refractivity contribution in [2.75, 3.05) is 29.4 Å². The quantitative estimate of drug-likeness (QED) is 0.515. The fourth-order valence-electron chi connectivity index (χ4n) is 7.92. The number of benzene rings is 1. The van der Waals surface area contributed by atoms with Gasteiger partial charge in [-0.15, -0.1) is 0 Å². The lowest BCUT2D eigenvalue weighted by atomic mass is 9.47. The summed E-state index contributed by atoms with van der Waals surface area (Å²) >= 11 is 0. The summed E-state index contributed by atoms with van der Waals surface area (Å²) in [5.41, 5.74) is 5.47. The average Bonchev–Trinajstić information content (AvgIpc) is 3.68. The van der Waals surface area contributed by atoms with Crippen molar-refractivity contribution in [3.8, 4) is 0 Å². The maximum Gasteiger partial charge on any atom is 0.414 e. The summed E-state index contributed by atoms with van der Waals surface area (Å²) in [4.78, 5) is 55.2. The summed E-state index contributed by atoms with van der Waals surface area (Å²) in [7, 11) is 0. The van der Waals surface area contributed by atoms with Crippen molar-refractivity contribution >= 4 is 35.3 Å². The van der Waals surface area contributed by atoms with Gasteiger partial charge in [0.15, 0.2) is 0 Å². The van der Waals surface area contributed by atoms with Crippen molar-refractivity contribution in [2.24, 2.45) is 34.3 Å². The summed E-state index contributed by atoms with van der Waals surface area (Å²) < 4.78 is 5.57. The molecule has 4 bridgehead atoms. The molecule has 6 aliphatic rings. The molecular weight excluding hydrogens is 510 g/mol. The lowest BCUT2D eigenvalue weighted by Crippen LogP contribution is -2.63. The van der Waals surface area contributed by atoms with Crippen molar-refractivity contribution in [1.82, 2.24) is 10.6 Å². The summed E-state index contributed by atoms with van der Waals surface area (Å²) in [6, 6.07) is 7.08. The molecule has 5 fully saturated rings. The van der Waals surface area contributed by atoms with Crippen LogP contribution in [0.15, 0.2) is 24.3 Å². The molecule has 1 aromatic rings. The minimum Gasteiger partial charge on any atom is -0.443 e. The third-order valence-corrected chi connectivity index (χ3v) is 9.88. The number of para-hydroxylation sites is 2. The van der Waals surface area contributed by atoms with Gasteiger partial charge in [0.2, 0.25) is 11.8 Å². The van der Waals surface area contributed by atoms with Crippen LogP contribution in [0.1, 0.15) is 65.7 Å². The molecule has 0 radical (unpaired) electrons. The van der Waals surface area contributed by atoms with E-state index in [1.807, 2.05) is 45.0 Å². The highest BCUT2D eigenvalue weighted by molar-refractivity contribution is 6.02. The molecule has 0 spiro atoms. The first-order chi connectivity index (χ1) is 18.9. The Morgan fingerprint density at radius 3 is 2.15 bits per heavy atom. The van der Waals surface area contributed by atoms with Gasteiger partial charge in [-0.25, -0.2) is 9.59 Å². The number of nitrogens with two attached hydrogens (primary N) is 1. The number of primary amides is 1. The molecule has 4 N–H and O–H groups in total. The summed E-state index contributed by atoms with van der Waals surface area (Å²) in [6.45, 7) is 6.36. The second-order valence-electron chi connectivity index (χ2n) is 13.8. The van der Waals surface area contributed by atoms with Crippen LogP contribution in [0.2, 0.25) is 0 Å². The number of nitrogens with zero attached hydrogens (tertiary/aromatic N) is 2. The smallest absolute Gasteiger partial charge is 0.414 e. The minimum absolute atomic E-state index is 0.00791. The van der Waals surface area contributed by atoms with Gasteiger partial charge in [-0.1, -0.05) is 12.1 Å². The summed E-state index contributed by atoms with van der Waals surface area (Å²) in [5.74, 6) is 0.961. The van der Waals surface area contributed by atoms with Crippen LogP contribution >= 0.6 is 0 Å². The Morgan fingerprint density at radius 2 is 1.57 bits per heavy atom. The van der Waals surface area contributed by atoms with Crippen LogP contribution < -0.4 is 26.2 Å². The van der Waals surface area contributed by atoms with Crippen LogP contribution in [-0.2, 0) is 14.3 Å². The van der Waals surface area contributed by atoms with E-state index < -0.39 is 17.1 Å². The molecular formula is C30H41N5O5. The molecule has 0 aromatic heterocycles. The maximum atomic E-state index is 13.5. The SMILES string of the molecule is CC(C)(C)OC(=O)N1CCN(C(=O)NCC2(C(=O)NC3C4CC5CC3CC(C(N)=O)(C5)C4)CC2)c2ccccc21. The van der Waals surface area contributed by atoms with Gasteiger partial charge in [-0.05, 0) is 95.6 Å². The number of hydrogen-bond donors (Lipinski definition) is 3. The van der Waals surface area contributed by atoms with Crippen molar-refractivity contribution < 1.29 is 23.9 Å². The van der Waals surface area contributed by atoms with E-state index in [1.54, 1.807) is 9.80 Å². The van der Waals surface area contributed by atoms with Gasteiger partial charge in [-0.2, -0.15) is 0 Å². The second-order valence-corrected chi connectivity index (χ2v) is 13.8. The summed E-state index contributed by atoms with van der Waals surface area (Å²) in [6.07, 6.45) is 5.58. The molecule has 10 nitrogen and oxygen atoms in total. The number of hydrogen-bond acceptors (Lipinski definition) is 5. The number of fused-ring (bicyclic) bond motifs is 1. The number of anilines is 2. The van der Waals surface area contributed by atoms with E-state index in [0.717, 1.165) is 44.9 Å². The van der Waals surface area contributed by atoms with E-state index in [0.29, 0.717) is 42.2 Å². The highest BCUT2D eigenvalue weighted by Gasteiger charge is 2.59. The zero-order valence-corrected chi connectivity index (χ0v) is 23.7. The van der Waals surface area contributed by atoms with E-state index in [2.05, 4.69) is 10.6 Å². The zero-order valence-electron chi connectivity index (χ0n) is 23.7. The van der Waals surface area contributed by atoms with E-state index in [-0.39, 0.29) is 35.8 Å². The molecule has 5 saturated carbocycles.